The number of ether oxygens (including phenoxy) is 1. The molecule has 2 aromatic carbocycles. The highest BCUT2D eigenvalue weighted by atomic mass is 35.5. The zero-order valence-corrected chi connectivity index (χ0v) is 11.3. The van der Waals surface area contributed by atoms with E-state index >= 15 is 0 Å². The molecule has 0 amide bonds. The van der Waals surface area contributed by atoms with Crippen molar-refractivity contribution >= 4 is 23.4 Å². The molecule has 0 aliphatic rings. The first-order valence-corrected chi connectivity index (χ1v) is 6.12. The first-order chi connectivity index (χ1) is 9.52. The van der Waals surface area contributed by atoms with Crippen molar-refractivity contribution in [3.63, 3.8) is 0 Å². The molecular weight excluding hydrogens is 280 g/mol. The van der Waals surface area contributed by atoms with Gasteiger partial charge in [0.05, 0.1) is 12.7 Å². The molecule has 2 aromatic rings. The first kappa shape index (κ1) is 14.1. The van der Waals surface area contributed by atoms with Gasteiger partial charge >= 0.3 is 5.97 Å². The number of carbonyl (C=O) groups excluding carboxylic acids is 1. The van der Waals surface area contributed by atoms with Gasteiger partial charge in [0.2, 0.25) is 0 Å². The standard InChI is InChI=1S/C15H11ClO4/c1-20-11-5-2-9(3-6-11)14(17)12-7-4-10(16)8-13(12)15(18)19/h2-8H,1H3,(H,18,19). The van der Waals surface area contributed by atoms with Crippen molar-refractivity contribution in [2.75, 3.05) is 7.11 Å². The Hall–Kier alpha value is -2.33. The number of rotatable bonds is 4. The summed E-state index contributed by atoms with van der Waals surface area (Å²) in [5, 5.41) is 9.41. The van der Waals surface area contributed by atoms with Gasteiger partial charge in [-0.15, -0.1) is 0 Å². The summed E-state index contributed by atoms with van der Waals surface area (Å²) in [6, 6.07) is 10.6. The van der Waals surface area contributed by atoms with Crippen LogP contribution in [0.3, 0.4) is 0 Å². The minimum absolute atomic E-state index is 0.104. The topological polar surface area (TPSA) is 63.6 Å². The summed E-state index contributed by atoms with van der Waals surface area (Å²) in [4.78, 5) is 23.5. The zero-order chi connectivity index (χ0) is 14.7. The fourth-order valence-corrected chi connectivity index (χ4v) is 1.96. The Morgan fingerprint density at radius 2 is 1.70 bits per heavy atom. The Bertz CT molecular complexity index is 662. The van der Waals surface area contributed by atoms with E-state index in [2.05, 4.69) is 0 Å². The third-order valence-electron chi connectivity index (χ3n) is 2.81. The van der Waals surface area contributed by atoms with E-state index in [0.717, 1.165) is 0 Å². The predicted molar refractivity (Wildman–Crippen MR) is 74.8 cm³/mol. The van der Waals surface area contributed by atoms with Crippen LogP contribution in [0.25, 0.3) is 0 Å². The van der Waals surface area contributed by atoms with E-state index in [9.17, 15) is 9.59 Å². The van der Waals surface area contributed by atoms with E-state index in [0.29, 0.717) is 11.3 Å². The number of carbonyl (C=O) groups is 2. The Morgan fingerprint density at radius 3 is 2.25 bits per heavy atom. The quantitative estimate of drug-likeness (QED) is 0.878. The molecule has 0 bridgehead atoms. The second-order valence-corrected chi connectivity index (χ2v) is 4.49. The number of halogens is 1. The van der Waals surface area contributed by atoms with Crippen molar-refractivity contribution in [3.8, 4) is 5.75 Å². The van der Waals surface area contributed by atoms with Crippen LogP contribution in [0.2, 0.25) is 5.02 Å². The van der Waals surface area contributed by atoms with Crippen LogP contribution >= 0.6 is 11.6 Å². The number of aromatic carboxylic acids is 1. The van der Waals surface area contributed by atoms with E-state index < -0.39 is 5.97 Å². The molecule has 0 saturated carbocycles. The molecule has 0 radical (unpaired) electrons. The third kappa shape index (κ3) is 2.81. The van der Waals surface area contributed by atoms with Crippen molar-refractivity contribution in [1.29, 1.82) is 0 Å². The van der Waals surface area contributed by atoms with Crippen LogP contribution in [0.15, 0.2) is 42.5 Å². The van der Waals surface area contributed by atoms with Gasteiger partial charge in [0.15, 0.2) is 5.78 Å². The molecule has 20 heavy (non-hydrogen) atoms. The van der Waals surface area contributed by atoms with Crippen LogP contribution in [0, 0.1) is 0 Å². The molecule has 0 fully saturated rings. The van der Waals surface area contributed by atoms with E-state index in [1.54, 1.807) is 24.3 Å². The molecule has 4 nitrogen and oxygen atoms in total. The molecular formula is C15H11ClO4. The lowest BCUT2D eigenvalue weighted by atomic mass is 9.98. The number of carboxylic acid groups (broad SMARTS) is 1. The molecule has 2 rings (SSSR count). The van der Waals surface area contributed by atoms with Crippen LogP contribution in [-0.2, 0) is 0 Å². The van der Waals surface area contributed by atoms with Gasteiger partial charge in [0, 0.05) is 16.1 Å². The highest BCUT2D eigenvalue weighted by Crippen LogP contribution is 2.21. The highest BCUT2D eigenvalue weighted by molar-refractivity contribution is 6.31. The second-order valence-electron chi connectivity index (χ2n) is 4.05. The minimum Gasteiger partial charge on any atom is -0.497 e. The molecule has 5 heteroatoms. The largest absolute Gasteiger partial charge is 0.497 e. The molecule has 0 aromatic heterocycles. The fraction of sp³-hybridized carbons (Fsp3) is 0.0667. The van der Waals surface area contributed by atoms with Crippen LogP contribution in [-0.4, -0.2) is 24.0 Å². The van der Waals surface area contributed by atoms with E-state index in [-0.39, 0.29) is 21.9 Å². The van der Waals surface area contributed by atoms with E-state index in [4.69, 9.17) is 21.4 Å². The van der Waals surface area contributed by atoms with E-state index in [1.165, 1.54) is 25.3 Å². The molecule has 1 N–H and O–H groups in total. The maximum atomic E-state index is 12.3. The fourth-order valence-electron chi connectivity index (χ4n) is 1.79. The Kier molecular flexibility index (Phi) is 4.05. The summed E-state index contributed by atoms with van der Waals surface area (Å²) < 4.78 is 5.01. The van der Waals surface area contributed by atoms with Gasteiger partial charge in [-0.05, 0) is 42.5 Å². The molecule has 0 saturated heterocycles. The Labute approximate surface area is 120 Å². The normalized spacial score (nSPS) is 10.1. The number of methoxy groups -OCH3 is 1. The summed E-state index contributed by atoms with van der Waals surface area (Å²) in [7, 11) is 1.53. The van der Waals surface area contributed by atoms with Gasteiger partial charge in [-0.3, -0.25) is 4.79 Å². The molecule has 0 heterocycles. The molecule has 0 aliphatic heterocycles. The van der Waals surface area contributed by atoms with Crippen LogP contribution in [0.1, 0.15) is 26.3 Å². The minimum atomic E-state index is -1.19. The maximum absolute atomic E-state index is 12.3. The van der Waals surface area contributed by atoms with Crippen molar-refractivity contribution in [2.45, 2.75) is 0 Å². The lowest BCUT2D eigenvalue weighted by Crippen LogP contribution is -2.09. The van der Waals surface area contributed by atoms with Crippen molar-refractivity contribution in [1.82, 2.24) is 0 Å². The van der Waals surface area contributed by atoms with Crippen LogP contribution < -0.4 is 4.74 Å². The van der Waals surface area contributed by atoms with Crippen molar-refractivity contribution in [2.24, 2.45) is 0 Å². The molecule has 0 unspecified atom stereocenters. The summed E-state index contributed by atoms with van der Waals surface area (Å²) >= 11 is 5.76. The smallest absolute Gasteiger partial charge is 0.336 e. The zero-order valence-electron chi connectivity index (χ0n) is 10.6. The van der Waals surface area contributed by atoms with Crippen molar-refractivity contribution < 1.29 is 19.4 Å². The lowest BCUT2D eigenvalue weighted by Gasteiger charge is -2.07. The van der Waals surface area contributed by atoms with Gasteiger partial charge < -0.3 is 9.84 Å². The Morgan fingerprint density at radius 1 is 1.05 bits per heavy atom. The van der Waals surface area contributed by atoms with Crippen molar-refractivity contribution in [3.05, 3.63) is 64.2 Å². The summed E-state index contributed by atoms with van der Waals surface area (Å²) in [5.74, 6) is -0.942. The number of carboxylic acids is 1. The monoisotopic (exact) mass is 290 g/mol. The molecule has 0 spiro atoms. The number of ketones is 1. The van der Waals surface area contributed by atoms with Gasteiger partial charge in [0.25, 0.3) is 0 Å². The highest BCUT2D eigenvalue weighted by Gasteiger charge is 2.18. The molecule has 0 atom stereocenters. The summed E-state index contributed by atoms with van der Waals surface area (Å²) in [6.07, 6.45) is 0. The molecule has 102 valence electrons. The van der Waals surface area contributed by atoms with Crippen LogP contribution in [0.5, 0.6) is 5.75 Å². The SMILES string of the molecule is COc1ccc(C(=O)c2ccc(Cl)cc2C(=O)O)cc1. The predicted octanol–water partition coefficient (Wildman–Crippen LogP) is 3.28. The van der Waals surface area contributed by atoms with Crippen LogP contribution in [0.4, 0.5) is 0 Å². The van der Waals surface area contributed by atoms with Gasteiger partial charge in [-0.2, -0.15) is 0 Å². The second kappa shape index (κ2) is 5.75. The number of hydrogen-bond donors (Lipinski definition) is 1. The van der Waals surface area contributed by atoms with Gasteiger partial charge in [0.1, 0.15) is 5.75 Å². The first-order valence-electron chi connectivity index (χ1n) is 5.74. The summed E-state index contributed by atoms with van der Waals surface area (Å²) in [6.45, 7) is 0. The van der Waals surface area contributed by atoms with Gasteiger partial charge in [-0.25, -0.2) is 4.79 Å². The van der Waals surface area contributed by atoms with E-state index in [1.807, 2.05) is 0 Å². The van der Waals surface area contributed by atoms with Gasteiger partial charge in [-0.1, -0.05) is 11.6 Å². The number of hydrogen-bond acceptors (Lipinski definition) is 3. The Balaban J connectivity index is 2.44. The average Bonchev–Trinajstić information content (AvgIpc) is 2.46. The maximum Gasteiger partial charge on any atom is 0.336 e. The molecule has 0 aliphatic carbocycles. The number of benzene rings is 2. The average molecular weight is 291 g/mol. The lowest BCUT2D eigenvalue weighted by molar-refractivity contribution is 0.0693. The third-order valence-corrected chi connectivity index (χ3v) is 3.04. The summed E-state index contributed by atoms with van der Waals surface area (Å²) in [5.41, 5.74) is 0.376.